The lowest BCUT2D eigenvalue weighted by molar-refractivity contribution is -0.137. The highest BCUT2D eigenvalue weighted by Crippen LogP contribution is 2.21. The van der Waals surface area contributed by atoms with Crippen LogP contribution in [0, 0.1) is 0 Å². The number of carbonyl (C=O) groups excluding carboxylic acids is 1. The molecule has 8 heteroatoms. The van der Waals surface area contributed by atoms with Crippen molar-refractivity contribution in [3.63, 3.8) is 0 Å². The summed E-state index contributed by atoms with van der Waals surface area (Å²) in [6.45, 7) is 1.24. The van der Waals surface area contributed by atoms with Gasteiger partial charge in [0.25, 0.3) is 5.19 Å². The van der Waals surface area contributed by atoms with Gasteiger partial charge in [-0.2, -0.15) is 0 Å². The summed E-state index contributed by atoms with van der Waals surface area (Å²) in [4.78, 5) is 25.9. The van der Waals surface area contributed by atoms with Crippen LogP contribution in [0.15, 0.2) is 35.2 Å². The molecule has 0 N–H and O–H groups in total. The molecule has 1 aliphatic heterocycles. The number of thiazole rings is 1. The maximum atomic E-state index is 11.9. The molecule has 0 spiro atoms. The molecule has 104 valence electrons. The third-order valence-corrected chi connectivity index (χ3v) is 4.27. The van der Waals surface area contributed by atoms with Crippen LogP contribution >= 0.6 is 23.1 Å². The minimum absolute atomic E-state index is 0.0584. The van der Waals surface area contributed by atoms with Gasteiger partial charge in [-0.15, -0.1) is 0 Å². The van der Waals surface area contributed by atoms with Crippen LogP contribution in [0.4, 0.5) is 0 Å². The van der Waals surface area contributed by atoms with Gasteiger partial charge in [-0.1, -0.05) is 23.1 Å². The van der Waals surface area contributed by atoms with E-state index in [-0.39, 0.29) is 12.0 Å². The van der Waals surface area contributed by atoms with Crippen molar-refractivity contribution in [3.8, 4) is 5.19 Å². The first-order valence-corrected chi connectivity index (χ1v) is 7.91. The summed E-state index contributed by atoms with van der Waals surface area (Å²) in [7, 11) is 0. The maximum Gasteiger partial charge on any atom is 0.273 e. The average molecular weight is 308 g/mol. The van der Waals surface area contributed by atoms with Crippen LogP contribution in [-0.4, -0.2) is 50.7 Å². The fourth-order valence-electron chi connectivity index (χ4n) is 1.70. The van der Waals surface area contributed by atoms with E-state index >= 15 is 0 Å². The highest BCUT2D eigenvalue weighted by Gasteiger charge is 2.32. The summed E-state index contributed by atoms with van der Waals surface area (Å²) in [6.07, 6.45) is 5.10. The van der Waals surface area contributed by atoms with Gasteiger partial charge in [0.2, 0.25) is 5.91 Å². The monoisotopic (exact) mass is 308 g/mol. The molecule has 0 saturated carbocycles. The molecule has 2 aromatic rings. The Balaban J connectivity index is 1.40. The second-order valence-corrected chi connectivity index (χ2v) is 5.96. The molecule has 6 nitrogen and oxygen atoms in total. The van der Waals surface area contributed by atoms with Gasteiger partial charge in [0.1, 0.15) is 6.10 Å². The molecule has 1 saturated heterocycles. The van der Waals surface area contributed by atoms with Crippen molar-refractivity contribution in [3.05, 3.63) is 30.0 Å². The van der Waals surface area contributed by atoms with Gasteiger partial charge >= 0.3 is 0 Å². The van der Waals surface area contributed by atoms with E-state index in [1.54, 1.807) is 29.6 Å². The maximum absolute atomic E-state index is 11.9. The molecule has 0 unspecified atom stereocenters. The average Bonchev–Trinajstić information content (AvgIpc) is 2.94. The fraction of sp³-hybridized carbons (Fsp3) is 0.333. The van der Waals surface area contributed by atoms with Crippen molar-refractivity contribution in [1.29, 1.82) is 0 Å². The van der Waals surface area contributed by atoms with Crippen molar-refractivity contribution in [2.75, 3.05) is 18.8 Å². The van der Waals surface area contributed by atoms with Gasteiger partial charge in [-0.25, -0.2) is 15.0 Å². The third-order valence-electron chi connectivity index (χ3n) is 2.74. The largest absolute Gasteiger partial charge is 0.463 e. The van der Waals surface area contributed by atoms with Crippen LogP contribution in [0.2, 0.25) is 0 Å². The van der Waals surface area contributed by atoms with Crippen molar-refractivity contribution < 1.29 is 9.53 Å². The van der Waals surface area contributed by atoms with E-state index < -0.39 is 0 Å². The SMILES string of the molecule is O=C(CSc1ncccn1)N1CC(Oc2nccs2)C1. The van der Waals surface area contributed by atoms with Gasteiger partial charge in [0.15, 0.2) is 5.16 Å². The van der Waals surface area contributed by atoms with E-state index in [4.69, 9.17) is 4.74 Å². The van der Waals surface area contributed by atoms with Crippen LogP contribution in [0.25, 0.3) is 0 Å². The first-order valence-electron chi connectivity index (χ1n) is 6.05. The number of amides is 1. The van der Waals surface area contributed by atoms with Crippen LogP contribution in [0.1, 0.15) is 0 Å². The molecule has 3 rings (SSSR count). The minimum Gasteiger partial charge on any atom is -0.463 e. The zero-order chi connectivity index (χ0) is 13.8. The Labute approximate surface area is 124 Å². The van der Waals surface area contributed by atoms with Gasteiger partial charge in [0.05, 0.1) is 18.8 Å². The Morgan fingerprint density at radius 1 is 1.35 bits per heavy atom. The Hall–Kier alpha value is -1.67. The van der Waals surface area contributed by atoms with E-state index in [0.29, 0.717) is 29.2 Å². The van der Waals surface area contributed by atoms with E-state index in [1.165, 1.54) is 23.1 Å². The van der Waals surface area contributed by atoms with Crippen molar-refractivity contribution in [1.82, 2.24) is 19.9 Å². The van der Waals surface area contributed by atoms with Gasteiger partial charge in [-0.05, 0) is 6.07 Å². The molecule has 0 radical (unpaired) electrons. The molecule has 3 heterocycles. The second kappa shape index (κ2) is 6.19. The molecule has 1 amide bonds. The van der Waals surface area contributed by atoms with Crippen LogP contribution in [0.5, 0.6) is 5.19 Å². The molecule has 1 fully saturated rings. The van der Waals surface area contributed by atoms with Crippen molar-refractivity contribution in [2.24, 2.45) is 0 Å². The summed E-state index contributed by atoms with van der Waals surface area (Å²) in [5.41, 5.74) is 0. The van der Waals surface area contributed by atoms with Crippen LogP contribution in [-0.2, 0) is 4.79 Å². The van der Waals surface area contributed by atoms with Gasteiger partial charge in [0, 0.05) is 24.0 Å². The van der Waals surface area contributed by atoms with E-state index in [0.717, 1.165) is 0 Å². The van der Waals surface area contributed by atoms with Gasteiger partial charge < -0.3 is 9.64 Å². The van der Waals surface area contributed by atoms with Crippen molar-refractivity contribution >= 4 is 29.0 Å². The Kier molecular flexibility index (Phi) is 4.12. The first kappa shape index (κ1) is 13.3. The predicted octanol–water partition coefficient (Wildman–Crippen LogP) is 1.31. The van der Waals surface area contributed by atoms with E-state index in [2.05, 4.69) is 15.0 Å². The highest BCUT2D eigenvalue weighted by atomic mass is 32.2. The lowest BCUT2D eigenvalue weighted by Gasteiger charge is -2.38. The first-order chi connectivity index (χ1) is 9.81. The second-order valence-electron chi connectivity index (χ2n) is 4.16. The molecule has 0 bridgehead atoms. The molecule has 0 atom stereocenters. The van der Waals surface area contributed by atoms with Crippen molar-refractivity contribution in [2.45, 2.75) is 11.3 Å². The summed E-state index contributed by atoms with van der Waals surface area (Å²) in [5.74, 6) is 0.440. The quantitative estimate of drug-likeness (QED) is 0.613. The molecular weight excluding hydrogens is 296 g/mol. The number of hydrogen-bond donors (Lipinski definition) is 0. The number of ether oxygens (including phenoxy) is 1. The Bertz CT molecular complexity index is 558. The topological polar surface area (TPSA) is 68.2 Å². The zero-order valence-electron chi connectivity index (χ0n) is 10.5. The molecular formula is C12H12N4O2S2. The zero-order valence-corrected chi connectivity index (χ0v) is 12.1. The molecule has 0 aromatic carbocycles. The van der Waals surface area contributed by atoms with Gasteiger partial charge in [-0.3, -0.25) is 4.79 Å². The standard InChI is InChI=1S/C12H12N4O2S2/c17-10(8-20-11-13-2-1-3-14-11)16-6-9(7-16)18-12-15-4-5-19-12/h1-5,9H,6-8H2. The number of aromatic nitrogens is 3. The molecule has 1 aliphatic rings. The lowest BCUT2D eigenvalue weighted by Crippen LogP contribution is -2.56. The number of hydrogen-bond acceptors (Lipinski definition) is 7. The Morgan fingerprint density at radius 3 is 2.85 bits per heavy atom. The normalized spacial score (nSPS) is 14.9. The highest BCUT2D eigenvalue weighted by molar-refractivity contribution is 7.99. The summed E-state index contributed by atoms with van der Waals surface area (Å²) < 4.78 is 5.62. The number of rotatable bonds is 5. The summed E-state index contributed by atoms with van der Waals surface area (Å²) in [5, 5.41) is 3.15. The van der Waals surface area contributed by atoms with Crippen LogP contribution < -0.4 is 4.74 Å². The summed E-state index contributed by atoms with van der Waals surface area (Å²) >= 11 is 2.81. The third kappa shape index (κ3) is 3.26. The number of thioether (sulfide) groups is 1. The summed E-state index contributed by atoms with van der Waals surface area (Å²) in [6, 6.07) is 1.75. The van der Waals surface area contributed by atoms with Crippen LogP contribution in [0.3, 0.4) is 0 Å². The number of likely N-dealkylation sites (tertiary alicyclic amines) is 1. The Morgan fingerprint density at radius 2 is 2.15 bits per heavy atom. The molecule has 20 heavy (non-hydrogen) atoms. The lowest BCUT2D eigenvalue weighted by atomic mass is 10.2. The fourth-order valence-corrected chi connectivity index (χ4v) is 2.96. The van der Waals surface area contributed by atoms with E-state index in [9.17, 15) is 4.79 Å². The number of nitrogens with zero attached hydrogens (tertiary/aromatic N) is 4. The molecule has 0 aliphatic carbocycles. The van der Waals surface area contributed by atoms with E-state index in [1.807, 2.05) is 5.38 Å². The smallest absolute Gasteiger partial charge is 0.273 e. The predicted molar refractivity (Wildman–Crippen MR) is 75.9 cm³/mol. The molecule has 2 aromatic heterocycles. The minimum atomic E-state index is 0.0584. The number of carbonyl (C=O) groups is 1.